The fraction of sp³-hybridized carbons (Fsp3) is 0.357. The van der Waals surface area contributed by atoms with Gasteiger partial charge in [-0.1, -0.05) is 64.3 Å². The summed E-state index contributed by atoms with van der Waals surface area (Å²) in [6, 6.07) is 12.9. The Morgan fingerprint density at radius 3 is 1.94 bits per heavy atom. The molecule has 0 aliphatic carbocycles. The number of aromatic hydroxyl groups is 5. The molecule has 0 amide bonds. The van der Waals surface area contributed by atoms with E-state index in [1.807, 2.05) is 12.1 Å². The van der Waals surface area contributed by atoms with Gasteiger partial charge >= 0.3 is 0 Å². The zero-order chi connectivity index (χ0) is 24.2. The Morgan fingerprint density at radius 2 is 1.33 bits per heavy atom. The molecule has 5 heteroatoms. The molecule has 0 heterocycles. The molecule has 0 aliphatic rings. The Bertz CT molecular complexity index is 1100. The number of benzene rings is 3. The molecule has 3 aromatic carbocycles. The van der Waals surface area contributed by atoms with Crippen LogP contribution in [-0.2, 0) is 18.3 Å². The van der Waals surface area contributed by atoms with Gasteiger partial charge < -0.3 is 25.5 Å². The van der Waals surface area contributed by atoms with Crippen molar-refractivity contribution in [1.29, 1.82) is 0 Å². The van der Waals surface area contributed by atoms with Gasteiger partial charge in [-0.15, -0.1) is 0 Å². The van der Waals surface area contributed by atoms with Crippen molar-refractivity contribution in [2.75, 3.05) is 0 Å². The molecule has 0 saturated heterocycles. The molecule has 0 aliphatic heterocycles. The van der Waals surface area contributed by atoms with Gasteiger partial charge in [0.2, 0.25) is 0 Å². The normalized spacial score (nSPS) is 11.6. The van der Waals surface area contributed by atoms with E-state index in [9.17, 15) is 25.5 Å². The fourth-order valence-corrected chi connectivity index (χ4v) is 4.22. The lowest BCUT2D eigenvalue weighted by atomic mass is 9.77. The highest BCUT2D eigenvalue weighted by atomic mass is 16.3. The van der Waals surface area contributed by atoms with Crippen LogP contribution in [0.25, 0.3) is 0 Å². The summed E-state index contributed by atoms with van der Waals surface area (Å²) in [5.74, 6) is -0.0541. The zero-order valence-electron chi connectivity index (χ0n) is 19.6. The van der Waals surface area contributed by atoms with Crippen LogP contribution >= 0.6 is 0 Å². The first-order valence-corrected chi connectivity index (χ1v) is 11.5. The van der Waals surface area contributed by atoms with Crippen LogP contribution in [0.15, 0.2) is 48.5 Å². The monoisotopic (exact) mass is 450 g/mol. The summed E-state index contributed by atoms with van der Waals surface area (Å²) in [6.45, 7) is 6.53. The quantitative estimate of drug-likeness (QED) is 0.248. The topological polar surface area (TPSA) is 101 Å². The predicted molar refractivity (Wildman–Crippen MR) is 130 cm³/mol. The Kier molecular flexibility index (Phi) is 7.42. The molecule has 176 valence electrons. The van der Waals surface area contributed by atoms with Crippen molar-refractivity contribution in [3.8, 4) is 28.7 Å². The van der Waals surface area contributed by atoms with Gasteiger partial charge in [-0.25, -0.2) is 0 Å². The third-order valence-electron chi connectivity index (χ3n) is 6.40. The summed E-state index contributed by atoms with van der Waals surface area (Å²) in [6.07, 6.45) is 4.79. The van der Waals surface area contributed by atoms with Crippen molar-refractivity contribution < 1.29 is 25.5 Å². The fourth-order valence-electron chi connectivity index (χ4n) is 4.22. The molecule has 0 radical (unpaired) electrons. The number of hydrogen-bond acceptors (Lipinski definition) is 5. The van der Waals surface area contributed by atoms with Gasteiger partial charge in [0, 0.05) is 24.5 Å². The lowest BCUT2D eigenvalue weighted by molar-refractivity contribution is 0.434. The van der Waals surface area contributed by atoms with Crippen molar-refractivity contribution in [3.63, 3.8) is 0 Å². The largest absolute Gasteiger partial charge is 0.508 e. The summed E-state index contributed by atoms with van der Waals surface area (Å²) in [5, 5.41) is 51.6. The summed E-state index contributed by atoms with van der Waals surface area (Å²) < 4.78 is 0. The van der Waals surface area contributed by atoms with Gasteiger partial charge in [0.1, 0.15) is 28.7 Å². The molecule has 3 rings (SSSR count). The van der Waals surface area contributed by atoms with E-state index in [4.69, 9.17) is 0 Å². The van der Waals surface area contributed by atoms with Crippen LogP contribution < -0.4 is 0 Å². The maximum atomic E-state index is 11.1. The molecule has 0 spiro atoms. The highest BCUT2D eigenvalue weighted by molar-refractivity contribution is 5.54. The van der Waals surface area contributed by atoms with Gasteiger partial charge in [-0.05, 0) is 52.3 Å². The van der Waals surface area contributed by atoms with Crippen LogP contribution in [0.1, 0.15) is 74.3 Å². The van der Waals surface area contributed by atoms with Crippen molar-refractivity contribution in [2.24, 2.45) is 0 Å². The van der Waals surface area contributed by atoms with Gasteiger partial charge in [0.25, 0.3) is 0 Å². The summed E-state index contributed by atoms with van der Waals surface area (Å²) in [5.41, 5.74) is 3.08. The van der Waals surface area contributed by atoms with E-state index >= 15 is 0 Å². The second-order valence-corrected chi connectivity index (χ2v) is 9.43. The highest BCUT2D eigenvalue weighted by Crippen LogP contribution is 2.39. The maximum absolute atomic E-state index is 11.1. The molecule has 0 fully saturated rings. The molecular formula is C28H34O5. The van der Waals surface area contributed by atoms with E-state index < -0.39 is 0 Å². The van der Waals surface area contributed by atoms with Crippen LogP contribution in [0.3, 0.4) is 0 Å². The van der Waals surface area contributed by atoms with Crippen molar-refractivity contribution in [3.05, 3.63) is 76.3 Å². The van der Waals surface area contributed by atoms with Crippen molar-refractivity contribution in [2.45, 2.75) is 64.7 Å². The second-order valence-electron chi connectivity index (χ2n) is 9.43. The molecule has 0 unspecified atom stereocenters. The molecule has 0 atom stereocenters. The summed E-state index contributed by atoms with van der Waals surface area (Å²) in [4.78, 5) is 0. The minimum absolute atomic E-state index is 0.0259. The number of phenols is 5. The Balaban J connectivity index is 2.08. The average Bonchev–Trinajstić information content (AvgIpc) is 2.75. The molecule has 5 N–H and O–H groups in total. The number of phenolic OH excluding ortho intramolecular Hbond substituents is 5. The summed E-state index contributed by atoms with van der Waals surface area (Å²) in [7, 11) is 0. The van der Waals surface area contributed by atoms with E-state index in [1.54, 1.807) is 12.1 Å². The average molecular weight is 451 g/mol. The minimum Gasteiger partial charge on any atom is -0.508 e. The van der Waals surface area contributed by atoms with E-state index in [-0.39, 0.29) is 47.0 Å². The van der Waals surface area contributed by atoms with Crippen LogP contribution in [0.2, 0.25) is 0 Å². The third-order valence-corrected chi connectivity index (χ3v) is 6.40. The second kappa shape index (κ2) is 10.1. The lowest BCUT2D eigenvalue weighted by Gasteiger charge is -2.27. The van der Waals surface area contributed by atoms with Crippen LogP contribution in [-0.4, -0.2) is 25.5 Å². The van der Waals surface area contributed by atoms with Gasteiger partial charge in [0.15, 0.2) is 0 Å². The van der Waals surface area contributed by atoms with Crippen LogP contribution in [0.5, 0.6) is 28.7 Å². The van der Waals surface area contributed by atoms with Crippen molar-refractivity contribution >= 4 is 0 Å². The SMILES string of the molecule is CCCCCC(C)(C)c1cc(Cc2ccc(O)cc2O)c(O)c(Cc2c(O)cccc2O)c1. The molecule has 33 heavy (non-hydrogen) atoms. The molecule has 0 bridgehead atoms. The first kappa shape index (κ1) is 24.3. The van der Waals surface area contributed by atoms with E-state index in [2.05, 4.69) is 20.8 Å². The van der Waals surface area contributed by atoms with Gasteiger partial charge in [0.05, 0.1) is 0 Å². The number of hydrogen-bond donors (Lipinski definition) is 5. The first-order valence-electron chi connectivity index (χ1n) is 11.5. The highest BCUT2D eigenvalue weighted by Gasteiger charge is 2.24. The predicted octanol–water partition coefficient (Wildman–Crippen LogP) is 6.25. The van der Waals surface area contributed by atoms with E-state index in [0.29, 0.717) is 22.3 Å². The lowest BCUT2D eigenvalue weighted by Crippen LogP contribution is -2.18. The standard InChI is InChI=1S/C28H34O5/c1-4-5-6-12-28(2,3)21-14-19(13-18-10-11-22(29)17-26(18)32)27(33)20(15-21)16-23-24(30)8-7-9-25(23)31/h7-11,14-15,17,29-33H,4-6,12-13,16H2,1-3H3. The Hall–Kier alpha value is -3.34. The zero-order valence-corrected chi connectivity index (χ0v) is 19.6. The van der Waals surface area contributed by atoms with Gasteiger partial charge in [-0.2, -0.15) is 0 Å². The molecule has 0 aromatic heterocycles. The number of rotatable bonds is 9. The first-order chi connectivity index (χ1) is 15.6. The van der Waals surface area contributed by atoms with E-state index in [0.717, 1.165) is 31.2 Å². The van der Waals surface area contributed by atoms with Crippen molar-refractivity contribution in [1.82, 2.24) is 0 Å². The Labute approximate surface area is 195 Å². The molecule has 5 nitrogen and oxygen atoms in total. The van der Waals surface area contributed by atoms with Crippen LogP contribution in [0, 0.1) is 0 Å². The van der Waals surface area contributed by atoms with E-state index in [1.165, 1.54) is 24.3 Å². The maximum Gasteiger partial charge on any atom is 0.122 e. The molecular weight excluding hydrogens is 416 g/mol. The smallest absolute Gasteiger partial charge is 0.122 e. The third kappa shape index (κ3) is 5.72. The summed E-state index contributed by atoms with van der Waals surface area (Å²) >= 11 is 0. The number of unbranched alkanes of at least 4 members (excludes halogenated alkanes) is 2. The molecule has 0 saturated carbocycles. The minimum atomic E-state index is -0.149. The van der Waals surface area contributed by atoms with Gasteiger partial charge in [-0.3, -0.25) is 0 Å². The molecule has 3 aromatic rings. The Morgan fingerprint density at radius 1 is 0.697 bits per heavy atom. The van der Waals surface area contributed by atoms with Crippen LogP contribution in [0.4, 0.5) is 0 Å².